The van der Waals surface area contributed by atoms with Gasteiger partial charge in [0.05, 0.1) is 7.11 Å². The molecule has 0 saturated carbocycles. The van der Waals surface area contributed by atoms with Crippen LogP contribution in [-0.4, -0.2) is 39.9 Å². The van der Waals surface area contributed by atoms with Crippen LogP contribution in [0.4, 0.5) is 0 Å². The third-order valence-electron chi connectivity index (χ3n) is 2.92. The lowest BCUT2D eigenvalue weighted by atomic mass is 10.1. The Kier molecular flexibility index (Phi) is 7.56. The minimum Gasteiger partial charge on any atom is -0.497 e. The van der Waals surface area contributed by atoms with Crippen LogP contribution >= 0.6 is 0 Å². The van der Waals surface area contributed by atoms with E-state index in [9.17, 15) is 4.79 Å². The summed E-state index contributed by atoms with van der Waals surface area (Å²) in [6.45, 7) is 2.99. The van der Waals surface area contributed by atoms with Crippen molar-refractivity contribution in [3.05, 3.63) is 23.8 Å². The summed E-state index contributed by atoms with van der Waals surface area (Å²) in [5.41, 5.74) is 6.73. The summed E-state index contributed by atoms with van der Waals surface area (Å²) >= 11 is 0. The Labute approximate surface area is 125 Å². The lowest BCUT2D eigenvalue weighted by Gasteiger charge is -2.15. The van der Waals surface area contributed by atoms with Crippen molar-refractivity contribution in [3.63, 3.8) is 0 Å². The van der Waals surface area contributed by atoms with Crippen molar-refractivity contribution in [1.29, 1.82) is 0 Å². The molecule has 3 N–H and O–H groups in total. The smallest absolute Gasteiger partial charge is 0.257 e. The first-order valence-corrected chi connectivity index (χ1v) is 6.90. The van der Waals surface area contributed by atoms with Crippen molar-refractivity contribution >= 4 is 5.91 Å². The number of nitrogens with two attached hydrogens (primary N) is 1. The molecule has 1 atom stereocenters. The Morgan fingerprint density at radius 1 is 1.38 bits per heavy atom. The van der Waals surface area contributed by atoms with Gasteiger partial charge >= 0.3 is 0 Å². The molecule has 0 fully saturated rings. The molecular weight excluding hydrogens is 272 g/mol. The maximum Gasteiger partial charge on any atom is 0.257 e. The van der Waals surface area contributed by atoms with E-state index >= 15 is 0 Å². The van der Waals surface area contributed by atoms with Crippen molar-refractivity contribution in [1.82, 2.24) is 5.32 Å². The summed E-state index contributed by atoms with van der Waals surface area (Å²) in [5.74, 6) is 1.05. The Morgan fingerprint density at radius 3 is 2.76 bits per heavy atom. The number of hydrogen-bond acceptors (Lipinski definition) is 5. The van der Waals surface area contributed by atoms with Crippen LogP contribution in [0.5, 0.6) is 11.5 Å². The molecule has 1 aromatic rings. The lowest BCUT2D eigenvalue weighted by Crippen LogP contribution is -2.30. The highest BCUT2D eigenvalue weighted by Crippen LogP contribution is 2.28. The molecule has 0 bridgehead atoms. The molecule has 21 heavy (non-hydrogen) atoms. The average Bonchev–Trinajstić information content (AvgIpc) is 2.49. The number of nitrogens with one attached hydrogen (secondary N) is 1. The van der Waals surface area contributed by atoms with E-state index in [4.69, 9.17) is 19.9 Å². The van der Waals surface area contributed by atoms with E-state index < -0.39 is 0 Å². The molecule has 6 heteroatoms. The number of carbonyl (C=O) groups is 1. The van der Waals surface area contributed by atoms with Gasteiger partial charge in [0.25, 0.3) is 5.91 Å². The van der Waals surface area contributed by atoms with Crippen LogP contribution in [0.2, 0.25) is 0 Å². The predicted octanol–water partition coefficient (Wildman–Crippen LogP) is 1.25. The highest BCUT2D eigenvalue weighted by Gasteiger charge is 2.11. The monoisotopic (exact) mass is 296 g/mol. The molecule has 0 aliphatic heterocycles. The van der Waals surface area contributed by atoms with Gasteiger partial charge < -0.3 is 25.3 Å². The van der Waals surface area contributed by atoms with E-state index in [0.717, 1.165) is 12.0 Å². The van der Waals surface area contributed by atoms with Gasteiger partial charge in [-0.1, -0.05) is 6.07 Å². The molecule has 0 saturated heterocycles. The number of benzene rings is 1. The molecule has 0 aromatic heterocycles. The molecule has 1 unspecified atom stereocenters. The van der Waals surface area contributed by atoms with Gasteiger partial charge in [-0.2, -0.15) is 0 Å². The molecule has 118 valence electrons. The molecule has 0 aliphatic rings. The van der Waals surface area contributed by atoms with Crippen molar-refractivity contribution in [3.8, 4) is 11.5 Å². The fourth-order valence-electron chi connectivity index (χ4n) is 1.78. The number of hydrogen-bond donors (Lipinski definition) is 2. The first-order chi connectivity index (χ1) is 10.1. The van der Waals surface area contributed by atoms with Crippen molar-refractivity contribution in [2.45, 2.75) is 19.4 Å². The maximum atomic E-state index is 11.7. The van der Waals surface area contributed by atoms with E-state index in [1.165, 1.54) is 0 Å². The Bertz CT molecular complexity index is 449. The SMILES string of the molecule is COCCCNC(=O)COc1cc(OC)ccc1C(C)N. The minimum atomic E-state index is -0.185. The largest absolute Gasteiger partial charge is 0.497 e. The average molecular weight is 296 g/mol. The Morgan fingerprint density at radius 2 is 2.14 bits per heavy atom. The lowest BCUT2D eigenvalue weighted by molar-refractivity contribution is -0.123. The van der Waals surface area contributed by atoms with E-state index in [1.807, 2.05) is 19.1 Å². The molecule has 1 rings (SSSR count). The number of amides is 1. The standard InChI is InChI=1S/C15H24N2O4/c1-11(16)13-6-5-12(20-3)9-14(13)21-10-15(18)17-7-4-8-19-2/h5-6,9,11H,4,7-8,10,16H2,1-3H3,(H,17,18). The normalized spacial score (nSPS) is 11.8. The van der Waals surface area contributed by atoms with E-state index in [-0.39, 0.29) is 18.6 Å². The quantitative estimate of drug-likeness (QED) is 0.670. The minimum absolute atomic E-state index is 0.0557. The molecular formula is C15H24N2O4. The van der Waals surface area contributed by atoms with Gasteiger partial charge in [-0.15, -0.1) is 0 Å². The molecule has 6 nitrogen and oxygen atoms in total. The number of carbonyl (C=O) groups excluding carboxylic acids is 1. The van der Waals surface area contributed by atoms with Crippen LogP contribution in [0.15, 0.2) is 18.2 Å². The van der Waals surface area contributed by atoms with Crippen LogP contribution in [0.1, 0.15) is 24.9 Å². The summed E-state index contributed by atoms with van der Waals surface area (Å²) < 4.78 is 15.6. The summed E-state index contributed by atoms with van der Waals surface area (Å²) in [6.07, 6.45) is 0.770. The molecule has 0 heterocycles. The second-order valence-electron chi connectivity index (χ2n) is 4.68. The molecule has 0 aliphatic carbocycles. The van der Waals surface area contributed by atoms with E-state index in [1.54, 1.807) is 20.3 Å². The second-order valence-corrected chi connectivity index (χ2v) is 4.68. The van der Waals surface area contributed by atoms with Crippen molar-refractivity contribution < 1.29 is 19.0 Å². The fraction of sp³-hybridized carbons (Fsp3) is 0.533. The molecule has 1 amide bonds. The van der Waals surface area contributed by atoms with Gasteiger partial charge in [0.1, 0.15) is 11.5 Å². The number of rotatable bonds is 9. The van der Waals surface area contributed by atoms with Gasteiger partial charge in [0.2, 0.25) is 0 Å². The zero-order chi connectivity index (χ0) is 15.7. The summed E-state index contributed by atoms with van der Waals surface area (Å²) in [5, 5.41) is 2.76. The Balaban J connectivity index is 2.55. The second kappa shape index (κ2) is 9.20. The highest BCUT2D eigenvalue weighted by atomic mass is 16.5. The molecule has 1 aromatic carbocycles. The number of ether oxygens (including phenoxy) is 3. The van der Waals surface area contributed by atoms with Gasteiger partial charge in [-0.3, -0.25) is 4.79 Å². The van der Waals surface area contributed by atoms with Gasteiger partial charge in [-0.25, -0.2) is 0 Å². The molecule has 0 spiro atoms. The van der Waals surface area contributed by atoms with E-state index in [0.29, 0.717) is 24.7 Å². The van der Waals surface area contributed by atoms with Gasteiger partial charge in [0.15, 0.2) is 6.61 Å². The van der Waals surface area contributed by atoms with E-state index in [2.05, 4.69) is 5.32 Å². The maximum absolute atomic E-state index is 11.7. The summed E-state index contributed by atoms with van der Waals surface area (Å²) in [7, 11) is 3.20. The summed E-state index contributed by atoms with van der Waals surface area (Å²) in [4.78, 5) is 11.7. The zero-order valence-electron chi connectivity index (χ0n) is 12.8. The van der Waals surface area contributed by atoms with Crippen LogP contribution in [0, 0.1) is 0 Å². The van der Waals surface area contributed by atoms with Crippen LogP contribution in [0.3, 0.4) is 0 Å². The van der Waals surface area contributed by atoms with Gasteiger partial charge in [0, 0.05) is 37.9 Å². The third kappa shape index (κ3) is 6.01. The Hall–Kier alpha value is -1.79. The first-order valence-electron chi connectivity index (χ1n) is 6.90. The van der Waals surface area contributed by atoms with Crippen molar-refractivity contribution in [2.75, 3.05) is 34.0 Å². The van der Waals surface area contributed by atoms with Crippen LogP contribution < -0.4 is 20.5 Å². The van der Waals surface area contributed by atoms with Gasteiger partial charge in [-0.05, 0) is 19.4 Å². The van der Waals surface area contributed by atoms with Crippen LogP contribution in [-0.2, 0) is 9.53 Å². The third-order valence-corrected chi connectivity index (χ3v) is 2.92. The van der Waals surface area contributed by atoms with Crippen molar-refractivity contribution in [2.24, 2.45) is 5.73 Å². The molecule has 0 radical (unpaired) electrons. The fourth-order valence-corrected chi connectivity index (χ4v) is 1.78. The van der Waals surface area contributed by atoms with Crippen LogP contribution in [0.25, 0.3) is 0 Å². The zero-order valence-corrected chi connectivity index (χ0v) is 12.8. The summed E-state index contributed by atoms with van der Waals surface area (Å²) in [6, 6.07) is 5.21. The first kappa shape index (κ1) is 17.3. The predicted molar refractivity (Wildman–Crippen MR) is 80.6 cm³/mol. The highest BCUT2D eigenvalue weighted by molar-refractivity contribution is 5.77. The topological polar surface area (TPSA) is 82.8 Å². The number of methoxy groups -OCH3 is 2.